The predicted octanol–water partition coefficient (Wildman–Crippen LogP) is 4.88. The van der Waals surface area contributed by atoms with Crippen LogP contribution in [-0.4, -0.2) is 14.6 Å². The Labute approximate surface area is 141 Å². The number of nitrogens with zero attached hydrogens (tertiary/aromatic N) is 3. The number of halogens is 1. The van der Waals surface area contributed by atoms with Crippen LogP contribution in [0.4, 0.5) is 0 Å². The van der Waals surface area contributed by atoms with E-state index in [4.69, 9.17) is 21.7 Å². The molecule has 0 aliphatic heterocycles. The van der Waals surface area contributed by atoms with Gasteiger partial charge in [0, 0.05) is 22.5 Å². The van der Waals surface area contributed by atoms with Gasteiger partial charge in [0.15, 0.2) is 5.65 Å². The van der Waals surface area contributed by atoms with Crippen LogP contribution in [0, 0.1) is 0 Å². The van der Waals surface area contributed by atoms with Crippen LogP contribution in [0.3, 0.4) is 0 Å². The van der Waals surface area contributed by atoms with Crippen molar-refractivity contribution >= 4 is 17.2 Å². The normalized spacial score (nSPS) is 14.7. The van der Waals surface area contributed by atoms with E-state index in [0.29, 0.717) is 0 Å². The number of hydrogen-bond acceptors (Lipinski definition) is 2. The third-order valence-electron chi connectivity index (χ3n) is 4.71. The number of aromatic nitrogens is 3. The lowest BCUT2D eigenvalue weighted by Crippen LogP contribution is -2.04. The number of rotatable bonds is 2. The molecule has 4 heteroatoms. The summed E-state index contributed by atoms with van der Waals surface area (Å²) >= 11 is 6.20. The maximum Gasteiger partial charge on any atom is 0.163 e. The molecule has 1 aromatic carbocycles. The summed E-state index contributed by atoms with van der Waals surface area (Å²) < 4.78 is 2.09. The lowest BCUT2D eigenvalue weighted by Gasteiger charge is -2.08. The van der Waals surface area contributed by atoms with Crippen molar-refractivity contribution in [1.82, 2.24) is 14.6 Å². The molecule has 0 saturated carbocycles. The molecule has 0 N–H and O–H groups in total. The van der Waals surface area contributed by atoms with Gasteiger partial charge in [-0.1, -0.05) is 37.1 Å². The zero-order valence-corrected chi connectivity index (χ0v) is 14.1. The number of fused-ring (bicyclic) bond motifs is 3. The van der Waals surface area contributed by atoms with Gasteiger partial charge in [-0.15, -0.1) is 0 Å². The predicted molar refractivity (Wildman–Crippen MR) is 94.1 cm³/mol. The molecule has 0 amide bonds. The molecular formula is C19H20ClN3. The van der Waals surface area contributed by atoms with Crippen LogP contribution in [-0.2, 0) is 19.3 Å². The molecule has 0 atom stereocenters. The van der Waals surface area contributed by atoms with Gasteiger partial charge in [0.05, 0.1) is 5.69 Å². The van der Waals surface area contributed by atoms with Gasteiger partial charge in [0.25, 0.3) is 0 Å². The minimum absolute atomic E-state index is 0.749. The Morgan fingerprint density at radius 3 is 2.87 bits per heavy atom. The molecule has 0 radical (unpaired) electrons. The van der Waals surface area contributed by atoms with Gasteiger partial charge in [0.2, 0.25) is 0 Å². The first-order chi connectivity index (χ1) is 11.3. The van der Waals surface area contributed by atoms with Crippen molar-refractivity contribution in [2.75, 3.05) is 0 Å². The van der Waals surface area contributed by atoms with E-state index in [-0.39, 0.29) is 0 Å². The second kappa shape index (κ2) is 5.97. The summed E-state index contributed by atoms with van der Waals surface area (Å²) in [5, 5.41) is 5.65. The molecule has 3 nitrogen and oxygen atoms in total. The average molecular weight is 326 g/mol. The van der Waals surface area contributed by atoms with E-state index >= 15 is 0 Å². The molecule has 2 aromatic heterocycles. The highest BCUT2D eigenvalue weighted by molar-refractivity contribution is 6.30. The van der Waals surface area contributed by atoms with Crippen molar-refractivity contribution in [3.63, 3.8) is 0 Å². The molecule has 4 rings (SSSR count). The highest BCUT2D eigenvalue weighted by Gasteiger charge is 2.19. The van der Waals surface area contributed by atoms with Gasteiger partial charge < -0.3 is 0 Å². The Morgan fingerprint density at radius 1 is 1.17 bits per heavy atom. The summed E-state index contributed by atoms with van der Waals surface area (Å²) in [7, 11) is 0. The van der Waals surface area contributed by atoms with Crippen LogP contribution in [0.1, 0.15) is 43.1 Å². The Morgan fingerprint density at radius 2 is 2.04 bits per heavy atom. The minimum atomic E-state index is 0.749. The smallest absolute Gasteiger partial charge is 0.163 e. The fraction of sp³-hybridized carbons (Fsp3) is 0.368. The fourth-order valence-corrected chi connectivity index (χ4v) is 3.75. The molecule has 0 unspecified atom stereocenters. The van der Waals surface area contributed by atoms with Crippen LogP contribution >= 0.6 is 11.6 Å². The lowest BCUT2D eigenvalue weighted by molar-refractivity contribution is 0.700. The maximum atomic E-state index is 6.20. The molecular weight excluding hydrogens is 306 g/mol. The molecule has 3 aromatic rings. The van der Waals surface area contributed by atoms with Crippen molar-refractivity contribution in [1.29, 1.82) is 0 Å². The third kappa shape index (κ3) is 2.53. The Hall–Kier alpha value is -1.87. The molecule has 1 aliphatic rings. The summed E-state index contributed by atoms with van der Waals surface area (Å²) in [6, 6.07) is 7.99. The first-order valence-electron chi connectivity index (χ1n) is 8.42. The monoisotopic (exact) mass is 325 g/mol. The van der Waals surface area contributed by atoms with Crippen molar-refractivity contribution in [3.05, 3.63) is 52.4 Å². The van der Waals surface area contributed by atoms with Gasteiger partial charge in [-0.05, 0) is 55.4 Å². The topological polar surface area (TPSA) is 30.2 Å². The van der Waals surface area contributed by atoms with Crippen LogP contribution in [0.2, 0.25) is 5.02 Å². The van der Waals surface area contributed by atoms with Crippen LogP contribution in [0.5, 0.6) is 0 Å². The SMILES string of the molecule is CCc1nn2c3c(cnc2c1-c1cccc(Cl)c1)CCCCC3. The van der Waals surface area contributed by atoms with Gasteiger partial charge >= 0.3 is 0 Å². The van der Waals surface area contributed by atoms with E-state index in [1.165, 1.54) is 30.5 Å². The van der Waals surface area contributed by atoms with E-state index in [1.54, 1.807) is 0 Å². The largest absolute Gasteiger partial charge is 0.236 e. The summed E-state index contributed by atoms with van der Waals surface area (Å²) in [5.41, 5.74) is 6.99. The second-order valence-corrected chi connectivity index (χ2v) is 6.65. The van der Waals surface area contributed by atoms with Crippen molar-refractivity contribution in [3.8, 4) is 11.1 Å². The van der Waals surface area contributed by atoms with Gasteiger partial charge in [-0.2, -0.15) is 5.10 Å². The zero-order valence-electron chi connectivity index (χ0n) is 13.3. The van der Waals surface area contributed by atoms with E-state index in [9.17, 15) is 0 Å². The maximum absolute atomic E-state index is 6.20. The summed E-state index contributed by atoms with van der Waals surface area (Å²) in [6.45, 7) is 2.15. The summed E-state index contributed by atoms with van der Waals surface area (Å²) in [4.78, 5) is 4.77. The molecule has 0 bridgehead atoms. The summed E-state index contributed by atoms with van der Waals surface area (Å²) in [6.07, 6.45) is 8.94. The van der Waals surface area contributed by atoms with Gasteiger partial charge in [-0.3, -0.25) is 0 Å². The van der Waals surface area contributed by atoms with Crippen molar-refractivity contribution < 1.29 is 0 Å². The fourth-order valence-electron chi connectivity index (χ4n) is 3.56. The molecule has 118 valence electrons. The van der Waals surface area contributed by atoms with Crippen molar-refractivity contribution in [2.45, 2.75) is 45.4 Å². The number of benzene rings is 1. The van der Waals surface area contributed by atoms with Crippen molar-refractivity contribution in [2.24, 2.45) is 0 Å². The second-order valence-electron chi connectivity index (χ2n) is 6.21. The number of hydrogen-bond donors (Lipinski definition) is 0. The van der Waals surface area contributed by atoms with Gasteiger partial charge in [-0.25, -0.2) is 9.50 Å². The standard InChI is InChI=1S/C19H20ClN3/c1-2-16-18(13-8-6-9-15(20)11-13)19-21-12-14-7-4-3-5-10-17(14)23(19)22-16/h6,8-9,11-12H,2-5,7,10H2,1H3. The lowest BCUT2D eigenvalue weighted by atomic mass is 10.0. The molecule has 0 spiro atoms. The van der Waals surface area contributed by atoms with Crippen LogP contribution < -0.4 is 0 Å². The highest BCUT2D eigenvalue weighted by atomic mass is 35.5. The van der Waals surface area contributed by atoms with E-state index < -0.39 is 0 Å². The zero-order chi connectivity index (χ0) is 15.8. The third-order valence-corrected chi connectivity index (χ3v) is 4.95. The molecule has 0 saturated heterocycles. The Balaban J connectivity index is 1.99. The minimum Gasteiger partial charge on any atom is -0.236 e. The number of aryl methyl sites for hydroxylation is 3. The summed E-state index contributed by atoms with van der Waals surface area (Å²) in [5.74, 6) is 0. The average Bonchev–Trinajstić information content (AvgIpc) is 2.77. The highest BCUT2D eigenvalue weighted by Crippen LogP contribution is 2.31. The van der Waals surface area contributed by atoms with Gasteiger partial charge in [0.1, 0.15) is 0 Å². The van der Waals surface area contributed by atoms with E-state index in [0.717, 1.165) is 46.8 Å². The molecule has 0 fully saturated rings. The van der Waals surface area contributed by atoms with Crippen LogP contribution in [0.25, 0.3) is 16.8 Å². The Kier molecular flexibility index (Phi) is 3.82. The van der Waals surface area contributed by atoms with E-state index in [2.05, 4.69) is 23.7 Å². The first kappa shape index (κ1) is 14.7. The molecule has 1 aliphatic carbocycles. The quantitative estimate of drug-likeness (QED) is 0.628. The molecule has 23 heavy (non-hydrogen) atoms. The molecule has 2 heterocycles. The Bertz CT molecular complexity index is 866. The first-order valence-corrected chi connectivity index (χ1v) is 8.80. The van der Waals surface area contributed by atoms with E-state index in [1.807, 2.05) is 18.2 Å². The van der Waals surface area contributed by atoms with Crippen LogP contribution in [0.15, 0.2) is 30.5 Å².